The molecule has 0 bridgehead atoms. The highest BCUT2D eigenvalue weighted by molar-refractivity contribution is 5.75. The van der Waals surface area contributed by atoms with E-state index in [-0.39, 0.29) is 18.2 Å². The molecule has 2 aliphatic rings. The van der Waals surface area contributed by atoms with Crippen LogP contribution in [0.4, 0.5) is 9.59 Å². The molecule has 0 saturated carbocycles. The van der Waals surface area contributed by atoms with Crippen LogP contribution >= 0.6 is 0 Å². The van der Waals surface area contributed by atoms with Gasteiger partial charge in [-0.3, -0.25) is 9.88 Å². The summed E-state index contributed by atoms with van der Waals surface area (Å²) in [7, 11) is 0. The molecule has 0 spiro atoms. The molecule has 1 aromatic rings. The second-order valence-corrected chi connectivity index (χ2v) is 5.21. The molecule has 0 aliphatic carbocycles. The minimum absolute atomic E-state index is 0.00259. The number of rotatable bonds is 3. The zero-order valence-corrected chi connectivity index (χ0v) is 11.7. The molecule has 0 radical (unpaired) electrons. The summed E-state index contributed by atoms with van der Waals surface area (Å²) >= 11 is 0. The normalized spacial score (nSPS) is 21.0. The largest absolute Gasteiger partial charge is 0.447 e. The minimum Gasteiger partial charge on any atom is -0.447 e. The molecule has 1 atom stereocenters. The lowest BCUT2D eigenvalue weighted by Gasteiger charge is -2.35. The molecule has 2 saturated heterocycles. The standard InChI is InChI=1S/C14H18N4O3/c19-13(16-6-3-11-1-4-15-5-2-11)17-7-8-18-12(9-17)10-21-14(18)20/h1-2,4-5,12H,3,6-10H2,(H,16,19)/t12-/m0/s1. The fourth-order valence-electron chi connectivity index (χ4n) is 2.65. The van der Waals surface area contributed by atoms with Gasteiger partial charge in [-0.15, -0.1) is 0 Å². The van der Waals surface area contributed by atoms with E-state index in [1.807, 2.05) is 12.1 Å². The van der Waals surface area contributed by atoms with Crippen molar-refractivity contribution in [1.82, 2.24) is 20.1 Å². The van der Waals surface area contributed by atoms with Crippen molar-refractivity contribution in [2.75, 3.05) is 32.8 Å². The highest BCUT2D eigenvalue weighted by Crippen LogP contribution is 2.17. The fourth-order valence-corrected chi connectivity index (χ4v) is 2.65. The topological polar surface area (TPSA) is 74.8 Å². The molecule has 7 nitrogen and oxygen atoms in total. The van der Waals surface area contributed by atoms with Crippen molar-refractivity contribution in [1.29, 1.82) is 0 Å². The summed E-state index contributed by atoms with van der Waals surface area (Å²) < 4.78 is 4.99. The molecule has 21 heavy (non-hydrogen) atoms. The molecular weight excluding hydrogens is 272 g/mol. The number of hydrogen-bond acceptors (Lipinski definition) is 4. The zero-order valence-electron chi connectivity index (χ0n) is 11.7. The summed E-state index contributed by atoms with van der Waals surface area (Å²) in [5, 5.41) is 2.91. The number of nitrogens with one attached hydrogen (secondary N) is 1. The number of carbonyl (C=O) groups is 2. The Kier molecular flexibility index (Phi) is 3.89. The number of nitrogens with zero attached hydrogens (tertiary/aromatic N) is 3. The van der Waals surface area contributed by atoms with Crippen LogP contribution in [0.3, 0.4) is 0 Å². The number of ether oxygens (including phenoxy) is 1. The van der Waals surface area contributed by atoms with Crippen molar-refractivity contribution in [3.63, 3.8) is 0 Å². The van der Waals surface area contributed by atoms with Crippen LogP contribution in [0.15, 0.2) is 24.5 Å². The van der Waals surface area contributed by atoms with Gasteiger partial charge in [-0.1, -0.05) is 0 Å². The monoisotopic (exact) mass is 290 g/mol. The zero-order chi connectivity index (χ0) is 14.7. The molecule has 1 aromatic heterocycles. The number of piperazine rings is 1. The average Bonchev–Trinajstić information content (AvgIpc) is 2.89. The number of fused-ring (bicyclic) bond motifs is 1. The van der Waals surface area contributed by atoms with Crippen LogP contribution < -0.4 is 5.32 Å². The van der Waals surface area contributed by atoms with Gasteiger partial charge < -0.3 is 15.0 Å². The molecule has 2 aliphatic heterocycles. The van der Waals surface area contributed by atoms with E-state index in [2.05, 4.69) is 10.3 Å². The number of amides is 3. The number of carbonyl (C=O) groups excluding carboxylic acids is 2. The molecule has 7 heteroatoms. The molecule has 0 aromatic carbocycles. The molecule has 3 amide bonds. The van der Waals surface area contributed by atoms with Crippen LogP contribution in [0.5, 0.6) is 0 Å². The number of cyclic esters (lactones) is 1. The highest BCUT2D eigenvalue weighted by atomic mass is 16.6. The molecule has 1 N–H and O–H groups in total. The SMILES string of the molecule is O=C(NCCc1ccncc1)N1CCN2C(=O)OC[C@@H]2C1. The number of pyridine rings is 1. The third kappa shape index (κ3) is 3.07. The van der Waals surface area contributed by atoms with Crippen molar-refractivity contribution in [3.8, 4) is 0 Å². The first-order valence-corrected chi connectivity index (χ1v) is 7.09. The number of hydrogen-bond donors (Lipinski definition) is 1. The van der Waals surface area contributed by atoms with Crippen molar-refractivity contribution >= 4 is 12.1 Å². The van der Waals surface area contributed by atoms with Crippen LogP contribution in [0.1, 0.15) is 5.56 Å². The van der Waals surface area contributed by atoms with Crippen LogP contribution in [0.25, 0.3) is 0 Å². The highest BCUT2D eigenvalue weighted by Gasteiger charge is 2.38. The smallest absolute Gasteiger partial charge is 0.410 e. The summed E-state index contributed by atoms with van der Waals surface area (Å²) in [6.45, 7) is 2.59. The second-order valence-electron chi connectivity index (χ2n) is 5.21. The summed E-state index contributed by atoms with van der Waals surface area (Å²) in [4.78, 5) is 30.9. The number of aromatic nitrogens is 1. The quantitative estimate of drug-likeness (QED) is 0.878. The minimum atomic E-state index is -0.266. The van der Waals surface area contributed by atoms with E-state index in [4.69, 9.17) is 4.74 Å². The molecule has 3 rings (SSSR count). The van der Waals surface area contributed by atoms with E-state index in [1.165, 1.54) is 0 Å². The van der Waals surface area contributed by atoms with Gasteiger partial charge in [0.05, 0.1) is 6.04 Å². The summed E-state index contributed by atoms with van der Waals surface area (Å²) in [5.41, 5.74) is 1.14. The maximum atomic E-state index is 12.1. The molecule has 0 unspecified atom stereocenters. The van der Waals surface area contributed by atoms with Gasteiger partial charge in [-0.25, -0.2) is 9.59 Å². The van der Waals surface area contributed by atoms with Gasteiger partial charge in [-0.05, 0) is 24.1 Å². The van der Waals surface area contributed by atoms with Crippen molar-refractivity contribution < 1.29 is 14.3 Å². The van der Waals surface area contributed by atoms with Gasteiger partial charge in [0.25, 0.3) is 0 Å². The Morgan fingerprint density at radius 2 is 2.19 bits per heavy atom. The van der Waals surface area contributed by atoms with E-state index in [9.17, 15) is 9.59 Å². The van der Waals surface area contributed by atoms with E-state index >= 15 is 0 Å². The van der Waals surface area contributed by atoms with Crippen LogP contribution in [-0.2, 0) is 11.2 Å². The van der Waals surface area contributed by atoms with Gasteiger partial charge in [0.15, 0.2) is 0 Å². The molecule has 2 fully saturated rings. The molecule has 3 heterocycles. The summed E-state index contributed by atoms with van der Waals surface area (Å²) in [5.74, 6) is 0. The van der Waals surface area contributed by atoms with Gasteiger partial charge in [0, 0.05) is 38.6 Å². The first kappa shape index (κ1) is 13.7. The van der Waals surface area contributed by atoms with Crippen molar-refractivity contribution in [2.45, 2.75) is 12.5 Å². The van der Waals surface area contributed by atoms with E-state index in [0.717, 1.165) is 12.0 Å². The Bertz CT molecular complexity index is 522. The van der Waals surface area contributed by atoms with Gasteiger partial charge in [0.2, 0.25) is 0 Å². The lowest BCUT2D eigenvalue weighted by Crippen LogP contribution is -2.56. The third-order valence-electron chi connectivity index (χ3n) is 3.84. The predicted octanol–water partition coefficient (Wildman–Crippen LogP) is 0.470. The fraction of sp³-hybridized carbons (Fsp3) is 0.500. The Morgan fingerprint density at radius 3 is 3.00 bits per heavy atom. The van der Waals surface area contributed by atoms with E-state index < -0.39 is 0 Å². The molecular formula is C14H18N4O3. The average molecular weight is 290 g/mol. The summed E-state index contributed by atoms with van der Waals surface area (Å²) in [6.07, 6.45) is 4.00. The first-order valence-electron chi connectivity index (χ1n) is 7.09. The molecule has 112 valence electrons. The first-order chi connectivity index (χ1) is 10.2. The Hall–Kier alpha value is -2.31. The van der Waals surface area contributed by atoms with Gasteiger partial charge in [0.1, 0.15) is 6.61 Å². The third-order valence-corrected chi connectivity index (χ3v) is 3.84. The van der Waals surface area contributed by atoms with Crippen molar-refractivity contribution in [2.24, 2.45) is 0 Å². The van der Waals surface area contributed by atoms with E-state index in [0.29, 0.717) is 32.8 Å². The Morgan fingerprint density at radius 1 is 1.38 bits per heavy atom. The van der Waals surface area contributed by atoms with E-state index in [1.54, 1.807) is 22.2 Å². The number of urea groups is 1. The van der Waals surface area contributed by atoms with Crippen molar-refractivity contribution in [3.05, 3.63) is 30.1 Å². The van der Waals surface area contributed by atoms with Crippen LogP contribution in [-0.4, -0.2) is 65.7 Å². The Balaban J connectivity index is 1.45. The van der Waals surface area contributed by atoms with Gasteiger partial charge in [-0.2, -0.15) is 0 Å². The van der Waals surface area contributed by atoms with Crippen LogP contribution in [0, 0.1) is 0 Å². The summed E-state index contributed by atoms with van der Waals surface area (Å²) in [6, 6.07) is 3.79. The lowest BCUT2D eigenvalue weighted by molar-refractivity contribution is 0.127. The lowest BCUT2D eigenvalue weighted by atomic mass is 10.2. The van der Waals surface area contributed by atoms with Crippen LogP contribution in [0.2, 0.25) is 0 Å². The maximum absolute atomic E-state index is 12.1. The maximum Gasteiger partial charge on any atom is 0.410 e. The van der Waals surface area contributed by atoms with Gasteiger partial charge >= 0.3 is 12.1 Å². The second kappa shape index (κ2) is 5.99. The predicted molar refractivity (Wildman–Crippen MR) is 74.8 cm³/mol. The Labute approximate surface area is 122 Å².